The first-order valence-corrected chi connectivity index (χ1v) is 12.0. The van der Waals surface area contributed by atoms with Gasteiger partial charge in [-0.05, 0) is 97.2 Å². The average Bonchev–Trinajstić information content (AvgIpc) is 3.01. The molecule has 0 bridgehead atoms. The Morgan fingerprint density at radius 1 is 0.885 bits per heavy atom. The van der Waals surface area contributed by atoms with E-state index in [2.05, 4.69) is 20.8 Å². The summed E-state index contributed by atoms with van der Waals surface area (Å²) in [7, 11) is 0. The molecule has 148 valence electrons. The molecule has 0 aromatic rings. The summed E-state index contributed by atoms with van der Waals surface area (Å²) in [5.74, 6) is 3.53. The van der Waals surface area contributed by atoms with Crippen molar-refractivity contribution in [2.45, 2.75) is 112 Å². The maximum Gasteiger partial charge on any atom is 0.132 e. The summed E-state index contributed by atoms with van der Waals surface area (Å²) in [5.41, 5.74) is 2.37. The quantitative estimate of drug-likeness (QED) is 0.510. The summed E-state index contributed by atoms with van der Waals surface area (Å²) >= 11 is 0. The van der Waals surface area contributed by atoms with Crippen molar-refractivity contribution in [1.29, 1.82) is 0 Å². The smallest absolute Gasteiger partial charge is 0.132 e. The van der Waals surface area contributed by atoms with Gasteiger partial charge in [-0.3, -0.25) is 4.79 Å². The third-order valence-electron chi connectivity index (χ3n) is 10.9. The lowest BCUT2D eigenvalue weighted by atomic mass is 9.57. The number of rotatable bonds is 2. The second-order valence-corrected chi connectivity index (χ2v) is 10.5. The summed E-state index contributed by atoms with van der Waals surface area (Å²) in [6.07, 6.45) is 16.0. The first-order chi connectivity index (χ1) is 12.5. The van der Waals surface area contributed by atoms with Gasteiger partial charge in [0.15, 0.2) is 0 Å². The van der Waals surface area contributed by atoms with Gasteiger partial charge >= 0.3 is 0 Å². The highest BCUT2D eigenvalue weighted by molar-refractivity contribution is 5.79. The van der Waals surface area contributed by atoms with E-state index in [0.29, 0.717) is 27.4 Å². The Bertz CT molecular complexity index is 581. The lowest BCUT2D eigenvalue weighted by molar-refractivity contribution is -0.119. The van der Waals surface area contributed by atoms with E-state index in [4.69, 9.17) is 0 Å². The second-order valence-electron chi connectivity index (χ2n) is 10.5. The van der Waals surface area contributed by atoms with E-state index >= 15 is 0 Å². The molecule has 0 aromatic carbocycles. The number of hydrogen-bond acceptors (Lipinski definition) is 1. The molecule has 0 radical (unpaired) electrons. The predicted octanol–water partition coefficient (Wildman–Crippen LogP) is 7.18. The van der Waals surface area contributed by atoms with E-state index in [-0.39, 0.29) is 0 Å². The van der Waals surface area contributed by atoms with Crippen molar-refractivity contribution in [2.24, 2.45) is 39.4 Å². The van der Waals surface area contributed by atoms with Gasteiger partial charge in [-0.25, -0.2) is 0 Å². The molecule has 26 heavy (non-hydrogen) atoms. The maximum atomic E-state index is 12.3. The Morgan fingerprint density at radius 3 is 2.31 bits per heavy atom. The van der Waals surface area contributed by atoms with Gasteiger partial charge in [0.2, 0.25) is 0 Å². The standard InChI is InChI=1S/C23H36O.C2H6/c1-4-16-6-7-18-21(16,5-2)12-10-19-22(18)15-14-20(3)11-8-17(24)9-13-23(19,20)22;1-2/h16,18-19H,4-15H2,1-3H3;1-2H3. The highest BCUT2D eigenvalue weighted by Gasteiger charge is 2.88. The zero-order chi connectivity index (χ0) is 18.8. The fraction of sp³-hybridized carbons (Fsp3) is 0.960. The molecule has 1 heteroatoms. The van der Waals surface area contributed by atoms with Gasteiger partial charge in [-0.15, -0.1) is 0 Å². The zero-order valence-electron chi connectivity index (χ0n) is 18.1. The molecule has 2 spiro atoms. The molecular formula is C25H42O. The van der Waals surface area contributed by atoms with Crippen molar-refractivity contribution in [3.8, 4) is 0 Å². The summed E-state index contributed by atoms with van der Waals surface area (Å²) in [6.45, 7) is 11.5. The van der Waals surface area contributed by atoms with Gasteiger partial charge in [-0.2, -0.15) is 0 Å². The minimum Gasteiger partial charge on any atom is -0.300 e. The lowest BCUT2D eigenvalue weighted by Crippen LogP contribution is -2.40. The number of ketones is 1. The molecule has 1 nitrogen and oxygen atoms in total. The Kier molecular flexibility index (Phi) is 4.45. The first-order valence-electron chi connectivity index (χ1n) is 12.0. The molecule has 0 N–H and O–H groups in total. The van der Waals surface area contributed by atoms with Crippen molar-refractivity contribution in [2.75, 3.05) is 0 Å². The van der Waals surface area contributed by atoms with Crippen molar-refractivity contribution in [3.63, 3.8) is 0 Å². The normalized spacial score (nSPS) is 54.2. The zero-order valence-corrected chi connectivity index (χ0v) is 18.1. The minimum atomic E-state index is 0.484. The summed E-state index contributed by atoms with van der Waals surface area (Å²) in [6, 6.07) is 0. The van der Waals surface area contributed by atoms with Crippen LogP contribution in [0.1, 0.15) is 112 Å². The van der Waals surface area contributed by atoms with Crippen molar-refractivity contribution >= 4 is 5.78 Å². The Labute approximate surface area is 162 Å². The molecule has 7 atom stereocenters. The van der Waals surface area contributed by atoms with Crippen molar-refractivity contribution in [1.82, 2.24) is 0 Å². The lowest BCUT2D eigenvalue weighted by Gasteiger charge is -2.47. The van der Waals surface area contributed by atoms with E-state index in [0.717, 1.165) is 30.6 Å². The number of carbonyl (C=O) groups is 1. The SMILES string of the molecule is CC.CCC1CCC2C1(CC)CCC1C23CCC2(C)CCC(=O)CCC123. The molecule has 0 amide bonds. The molecule has 5 rings (SSSR count). The second kappa shape index (κ2) is 6.08. The Balaban J connectivity index is 0.000000814. The topological polar surface area (TPSA) is 17.1 Å². The molecular weight excluding hydrogens is 316 g/mol. The van der Waals surface area contributed by atoms with E-state index in [9.17, 15) is 4.79 Å². The van der Waals surface area contributed by atoms with Gasteiger partial charge < -0.3 is 0 Å². The summed E-state index contributed by atoms with van der Waals surface area (Å²) in [4.78, 5) is 12.3. The number of hydrogen-bond donors (Lipinski definition) is 0. The highest BCUT2D eigenvalue weighted by atomic mass is 16.1. The van der Waals surface area contributed by atoms with Crippen LogP contribution in [-0.2, 0) is 4.79 Å². The van der Waals surface area contributed by atoms with Gasteiger partial charge in [0, 0.05) is 12.8 Å². The maximum absolute atomic E-state index is 12.3. The van der Waals surface area contributed by atoms with Crippen LogP contribution in [0, 0.1) is 39.4 Å². The molecule has 5 aliphatic rings. The molecule has 5 fully saturated rings. The van der Waals surface area contributed by atoms with E-state index in [1.165, 1.54) is 64.2 Å². The van der Waals surface area contributed by atoms with Gasteiger partial charge in [0.1, 0.15) is 5.78 Å². The van der Waals surface area contributed by atoms with Crippen molar-refractivity contribution in [3.05, 3.63) is 0 Å². The summed E-state index contributed by atoms with van der Waals surface area (Å²) < 4.78 is 0. The van der Waals surface area contributed by atoms with Crippen LogP contribution in [0.3, 0.4) is 0 Å². The predicted molar refractivity (Wildman–Crippen MR) is 109 cm³/mol. The Morgan fingerprint density at radius 2 is 1.62 bits per heavy atom. The minimum absolute atomic E-state index is 0.484. The third-order valence-corrected chi connectivity index (χ3v) is 10.9. The Hall–Kier alpha value is -0.330. The fourth-order valence-corrected chi connectivity index (χ4v) is 10.1. The first kappa shape index (κ1) is 19.0. The molecule has 0 saturated heterocycles. The fourth-order valence-electron chi connectivity index (χ4n) is 10.1. The third kappa shape index (κ3) is 1.87. The van der Waals surface area contributed by atoms with Gasteiger partial charge in [-0.1, -0.05) is 41.0 Å². The van der Waals surface area contributed by atoms with Gasteiger partial charge in [0.25, 0.3) is 0 Å². The number of carbonyl (C=O) groups excluding carboxylic acids is 1. The monoisotopic (exact) mass is 358 g/mol. The van der Waals surface area contributed by atoms with Crippen LogP contribution in [0.2, 0.25) is 0 Å². The molecule has 0 heterocycles. The molecule has 0 aromatic heterocycles. The average molecular weight is 359 g/mol. The van der Waals surface area contributed by atoms with E-state index in [1.54, 1.807) is 0 Å². The highest BCUT2D eigenvalue weighted by Crippen LogP contribution is 2.94. The van der Waals surface area contributed by atoms with Crippen LogP contribution >= 0.6 is 0 Å². The largest absolute Gasteiger partial charge is 0.300 e. The molecule has 5 aliphatic carbocycles. The van der Waals surface area contributed by atoms with E-state index in [1.807, 2.05) is 13.8 Å². The van der Waals surface area contributed by atoms with Crippen LogP contribution in [0.4, 0.5) is 0 Å². The molecule has 5 saturated carbocycles. The number of Topliss-reactive ketones (excluding diaryl/α,β-unsaturated/α-hetero) is 1. The number of fused-ring (bicyclic) bond motifs is 1. The van der Waals surface area contributed by atoms with Crippen LogP contribution in [0.15, 0.2) is 0 Å². The molecule has 0 aliphatic heterocycles. The summed E-state index contributed by atoms with van der Waals surface area (Å²) in [5, 5.41) is 0. The van der Waals surface area contributed by atoms with Gasteiger partial charge in [0.05, 0.1) is 0 Å². The van der Waals surface area contributed by atoms with E-state index < -0.39 is 0 Å². The van der Waals surface area contributed by atoms with Crippen LogP contribution in [0.25, 0.3) is 0 Å². The van der Waals surface area contributed by atoms with Crippen molar-refractivity contribution < 1.29 is 4.79 Å². The van der Waals surface area contributed by atoms with Crippen LogP contribution < -0.4 is 0 Å². The van der Waals surface area contributed by atoms with Crippen LogP contribution in [0.5, 0.6) is 0 Å². The van der Waals surface area contributed by atoms with Crippen LogP contribution in [-0.4, -0.2) is 5.78 Å². The molecule has 7 unspecified atom stereocenters.